The first kappa shape index (κ1) is 52.7. The Morgan fingerprint density at radius 3 is 1.60 bits per heavy atom. The molecule has 0 saturated heterocycles. The SMILES string of the molecule is O=c1nc(-c2cccc(N(c3ccc(-c4ccccc4)cc3)c3cccc(-c4ccccc4)c3)c2)nc2c3ccccc3cc(-c3cccc4c5cc(-c6cccc(-c7ccc8sc9nc(-c%10ccccc%10)nc(=S)n9c8c7)c6)ccc5c5ccccc5c34)n12. The summed E-state index contributed by atoms with van der Waals surface area (Å²) in [5, 5.41) is 8.35. The van der Waals surface area contributed by atoms with Crippen molar-refractivity contribution in [1.29, 1.82) is 0 Å². The molecule has 4 heterocycles. The van der Waals surface area contributed by atoms with E-state index in [9.17, 15) is 0 Å². The van der Waals surface area contributed by atoms with Crippen molar-refractivity contribution in [1.82, 2.24) is 28.7 Å². The third-order valence-electron chi connectivity index (χ3n) is 17.2. The van der Waals surface area contributed by atoms with Crippen LogP contribution in [0.2, 0.25) is 0 Å². The molecule has 90 heavy (non-hydrogen) atoms. The highest BCUT2D eigenvalue weighted by Crippen LogP contribution is 2.44. The summed E-state index contributed by atoms with van der Waals surface area (Å²) >= 11 is 7.54. The zero-order valence-corrected chi connectivity index (χ0v) is 49.8. The molecule has 0 fully saturated rings. The molecule has 0 spiro atoms. The molecule has 0 N–H and O–H groups in total. The smallest absolute Gasteiger partial charge is 0.310 e. The monoisotopic (exact) mass is 1190 g/mol. The molecule has 4 aromatic heterocycles. The first-order chi connectivity index (χ1) is 44.4. The number of benzene rings is 13. The zero-order chi connectivity index (χ0) is 59.8. The number of anilines is 3. The van der Waals surface area contributed by atoms with Crippen molar-refractivity contribution in [3.8, 4) is 78.5 Å². The Kier molecular flexibility index (Phi) is 12.7. The van der Waals surface area contributed by atoms with Crippen molar-refractivity contribution < 1.29 is 0 Å². The van der Waals surface area contributed by atoms with Crippen molar-refractivity contribution in [2.45, 2.75) is 0 Å². The van der Waals surface area contributed by atoms with E-state index in [0.29, 0.717) is 33.3 Å². The molecule has 0 aliphatic rings. The first-order valence-corrected chi connectivity index (χ1v) is 31.1. The lowest BCUT2D eigenvalue weighted by Gasteiger charge is -2.26. The Labute approximate surface area is 525 Å². The largest absolute Gasteiger partial charge is 0.355 e. The number of hydrogen-bond acceptors (Lipinski definition) is 8. The highest BCUT2D eigenvalue weighted by Gasteiger charge is 2.22. The van der Waals surface area contributed by atoms with E-state index in [1.54, 1.807) is 15.7 Å². The Bertz CT molecular complexity index is 5850. The first-order valence-electron chi connectivity index (χ1n) is 29.8. The van der Waals surface area contributed by atoms with Crippen molar-refractivity contribution in [3.05, 3.63) is 313 Å². The van der Waals surface area contributed by atoms with Crippen LogP contribution in [0.15, 0.2) is 302 Å². The van der Waals surface area contributed by atoms with Crippen molar-refractivity contribution in [2.24, 2.45) is 0 Å². The number of pyridine rings is 1. The molecule has 8 nitrogen and oxygen atoms in total. The van der Waals surface area contributed by atoms with Gasteiger partial charge in [-0.2, -0.15) is 9.97 Å². The fraction of sp³-hybridized carbons (Fsp3) is 0. The van der Waals surface area contributed by atoms with E-state index in [4.69, 9.17) is 32.2 Å². The van der Waals surface area contributed by atoms with E-state index in [2.05, 4.69) is 229 Å². The predicted molar refractivity (Wildman–Crippen MR) is 375 cm³/mol. The van der Waals surface area contributed by atoms with Gasteiger partial charge in [0, 0.05) is 39.1 Å². The molecule has 0 saturated carbocycles. The molecule has 0 unspecified atom stereocenters. The topological polar surface area (TPSA) is 80.7 Å². The summed E-state index contributed by atoms with van der Waals surface area (Å²) < 4.78 is 5.25. The minimum atomic E-state index is -0.422. The highest BCUT2D eigenvalue weighted by molar-refractivity contribution is 7.71. The average molecular weight is 1190 g/mol. The molecular formula is C80H49N7OS2. The standard InChI is InChI=1S/C80H49N7OS2/c88-78-82-76(60-28-16-30-63(46-60)85(61-40-36-52(37-41-61)50-18-4-1-5-19-50)62-29-15-27-56(45-62)51-20-6-2-7-21-51)81-77-64-31-11-10-24-59(64)49-71(86(77)78)69-35-17-34-68-70-47-57(38-42-66(70)65-32-12-13-33-67(65)74(68)69)54-25-14-26-55(44-54)58-39-43-73-72(48-58)87-79(89)83-75(84-80(87)90-73)53-22-8-3-9-23-53/h1-49H. The van der Waals surface area contributed by atoms with E-state index in [1.807, 2.05) is 77.2 Å². The summed E-state index contributed by atoms with van der Waals surface area (Å²) in [6, 6.07) is 104. The van der Waals surface area contributed by atoms with Gasteiger partial charge in [0.05, 0.1) is 15.9 Å². The van der Waals surface area contributed by atoms with Crippen LogP contribution in [0.4, 0.5) is 17.1 Å². The van der Waals surface area contributed by atoms with Crippen molar-refractivity contribution in [3.63, 3.8) is 0 Å². The normalized spacial score (nSPS) is 11.6. The van der Waals surface area contributed by atoms with Crippen LogP contribution < -0.4 is 10.6 Å². The number of nitrogens with zero attached hydrogens (tertiary/aromatic N) is 7. The summed E-state index contributed by atoms with van der Waals surface area (Å²) in [7, 11) is 0. The minimum Gasteiger partial charge on any atom is -0.310 e. The molecule has 17 aromatic rings. The van der Waals surface area contributed by atoms with E-state index >= 15 is 4.79 Å². The van der Waals surface area contributed by atoms with Crippen LogP contribution in [0.5, 0.6) is 0 Å². The third-order valence-corrected chi connectivity index (χ3v) is 18.5. The van der Waals surface area contributed by atoms with Crippen LogP contribution in [0, 0.1) is 4.77 Å². The average Bonchev–Trinajstić information content (AvgIpc) is 0.868. The highest BCUT2D eigenvalue weighted by atomic mass is 32.1. The number of thiazole rings is 1. The molecule has 17 rings (SSSR count). The Balaban J connectivity index is 0.781. The number of fused-ring (bicyclic) bond motifs is 12. The molecule has 0 radical (unpaired) electrons. The molecule has 0 bridgehead atoms. The van der Waals surface area contributed by atoms with Gasteiger partial charge in [0.1, 0.15) is 0 Å². The summed E-state index contributed by atoms with van der Waals surface area (Å²) in [6.07, 6.45) is 0. The van der Waals surface area contributed by atoms with Gasteiger partial charge in [-0.05, 0) is 161 Å². The van der Waals surface area contributed by atoms with E-state index in [1.165, 1.54) is 0 Å². The van der Waals surface area contributed by atoms with Crippen molar-refractivity contribution in [2.75, 3.05) is 4.90 Å². The van der Waals surface area contributed by atoms with Gasteiger partial charge in [-0.1, -0.05) is 242 Å². The fourth-order valence-corrected chi connectivity index (χ4v) is 14.3. The summed E-state index contributed by atoms with van der Waals surface area (Å²) in [6.45, 7) is 0. The summed E-state index contributed by atoms with van der Waals surface area (Å²) in [5.41, 5.74) is 16.0. The maximum absolute atomic E-state index is 15.3. The molecule has 13 aromatic carbocycles. The lowest BCUT2D eigenvalue weighted by molar-refractivity contribution is 0.961. The molecular weight excluding hydrogens is 1140 g/mol. The van der Waals surface area contributed by atoms with Gasteiger partial charge in [0.15, 0.2) is 22.3 Å². The number of aromatic nitrogens is 6. The van der Waals surface area contributed by atoms with E-state index in [0.717, 1.165) is 131 Å². The third kappa shape index (κ3) is 9.12. The van der Waals surface area contributed by atoms with Gasteiger partial charge in [-0.25, -0.2) is 19.2 Å². The number of hydrogen-bond donors (Lipinski definition) is 0. The molecule has 0 aliphatic carbocycles. The minimum absolute atomic E-state index is 0.338. The predicted octanol–water partition coefficient (Wildman–Crippen LogP) is 20.8. The van der Waals surface area contributed by atoms with Gasteiger partial charge >= 0.3 is 5.69 Å². The molecule has 0 amide bonds. The second-order valence-electron chi connectivity index (χ2n) is 22.5. The number of rotatable bonds is 10. The van der Waals surface area contributed by atoms with E-state index in [-0.39, 0.29) is 0 Å². The Morgan fingerprint density at radius 1 is 0.344 bits per heavy atom. The van der Waals surface area contributed by atoms with Gasteiger partial charge in [0.25, 0.3) is 0 Å². The van der Waals surface area contributed by atoms with Crippen molar-refractivity contribution >= 4 is 105 Å². The van der Waals surface area contributed by atoms with Crippen LogP contribution >= 0.6 is 23.6 Å². The van der Waals surface area contributed by atoms with Crippen LogP contribution in [-0.2, 0) is 0 Å². The fourth-order valence-electron chi connectivity index (χ4n) is 13.0. The second kappa shape index (κ2) is 21.7. The zero-order valence-electron chi connectivity index (χ0n) is 48.1. The van der Waals surface area contributed by atoms with Crippen LogP contribution in [0.1, 0.15) is 0 Å². The molecule has 10 heteroatoms. The maximum Gasteiger partial charge on any atom is 0.355 e. The van der Waals surface area contributed by atoms with Crippen LogP contribution in [-0.4, -0.2) is 28.7 Å². The van der Waals surface area contributed by atoms with Crippen LogP contribution in [0.25, 0.3) is 142 Å². The Hall–Kier alpha value is -11.6. The quantitative estimate of drug-likeness (QED) is 0.0997. The summed E-state index contributed by atoms with van der Waals surface area (Å²) in [5.74, 6) is 0.963. The molecule has 0 aliphatic heterocycles. The van der Waals surface area contributed by atoms with Gasteiger partial charge in [-0.3, -0.25) is 4.40 Å². The van der Waals surface area contributed by atoms with Gasteiger partial charge in [-0.15, -0.1) is 0 Å². The Morgan fingerprint density at radius 2 is 0.856 bits per heavy atom. The second-order valence-corrected chi connectivity index (χ2v) is 23.9. The van der Waals surface area contributed by atoms with E-state index < -0.39 is 5.69 Å². The van der Waals surface area contributed by atoms with Crippen LogP contribution in [0.3, 0.4) is 0 Å². The van der Waals surface area contributed by atoms with Gasteiger partial charge in [0.2, 0.25) is 4.77 Å². The molecule has 422 valence electrons. The molecule has 0 atom stereocenters. The van der Waals surface area contributed by atoms with Gasteiger partial charge < -0.3 is 4.90 Å². The lowest BCUT2D eigenvalue weighted by atomic mass is 9.88. The summed E-state index contributed by atoms with van der Waals surface area (Å²) in [4.78, 5) is 38.4. The lowest BCUT2D eigenvalue weighted by Crippen LogP contribution is -2.21. The maximum atomic E-state index is 15.3.